The molecule has 0 spiro atoms. The number of hydrogen-bond donors (Lipinski definition) is 1. The second-order valence-corrected chi connectivity index (χ2v) is 4.96. The van der Waals surface area contributed by atoms with Crippen LogP contribution in [0, 0.1) is 11.8 Å². The molecule has 2 saturated heterocycles. The number of rotatable bonds is 3. The second-order valence-electron chi connectivity index (χ2n) is 4.96. The lowest BCUT2D eigenvalue weighted by Crippen LogP contribution is -2.46. The van der Waals surface area contributed by atoms with E-state index in [-0.39, 0.29) is 0 Å². The Balaban J connectivity index is 1.71. The van der Waals surface area contributed by atoms with E-state index in [9.17, 15) is 4.79 Å². The van der Waals surface area contributed by atoms with Gasteiger partial charge in [0.25, 0.3) is 0 Å². The maximum absolute atomic E-state index is 11.9. The molecular formula is C12H22N2O. The largest absolute Gasteiger partial charge is 0.343 e. The SMILES string of the molecule is CCC1CCN(C(=O)CC2CNC2)CC1. The minimum absolute atomic E-state index is 0.385. The molecule has 1 amide bonds. The first-order valence-corrected chi connectivity index (χ1v) is 6.28. The lowest BCUT2D eigenvalue weighted by Gasteiger charge is -2.34. The van der Waals surface area contributed by atoms with Crippen LogP contribution in [-0.2, 0) is 4.79 Å². The zero-order valence-corrected chi connectivity index (χ0v) is 9.67. The molecule has 2 fully saturated rings. The molecule has 2 aliphatic rings. The summed E-state index contributed by atoms with van der Waals surface area (Å²) in [7, 11) is 0. The topological polar surface area (TPSA) is 32.3 Å². The van der Waals surface area contributed by atoms with E-state index in [1.807, 2.05) is 0 Å². The minimum atomic E-state index is 0.385. The Labute approximate surface area is 92.2 Å². The molecule has 2 rings (SSSR count). The molecule has 0 aromatic rings. The van der Waals surface area contributed by atoms with Crippen molar-refractivity contribution in [3.63, 3.8) is 0 Å². The predicted molar refractivity (Wildman–Crippen MR) is 60.6 cm³/mol. The molecule has 0 saturated carbocycles. The Kier molecular flexibility index (Phi) is 3.62. The van der Waals surface area contributed by atoms with E-state index in [2.05, 4.69) is 17.1 Å². The van der Waals surface area contributed by atoms with E-state index in [4.69, 9.17) is 0 Å². The monoisotopic (exact) mass is 210 g/mol. The van der Waals surface area contributed by atoms with Crippen molar-refractivity contribution in [2.24, 2.45) is 11.8 Å². The van der Waals surface area contributed by atoms with Gasteiger partial charge in [-0.15, -0.1) is 0 Å². The number of nitrogens with zero attached hydrogens (tertiary/aromatic N) is 1. The van der Waals surface area contributed by atoms with Gasteiger partial charge in [-0.25, -0.2) is 0 Å². The van der Waals surface area contributed by atoms with Crippen LogP contribution in [0.2, 0.25) is 0 Å². The van der Waals surface area contributed by atoms with Crippen molar-refractivity contribution in [1.29, 1.82) is 0 Å². The van der Waals surface area contributed by atoms with Crippen LogP contribution in [0.4, 0.5) is 0 Å². The summed E-state index contributed by atoms with van der Waals surface area (Å²) in [6.07, 6.45) is 4.47. The molecule has 0 aromatic carbocycles. The van der Waals surface area contributed by atoms with Crippen molar-refractivity contribution < 1.29 is 4.79 Å². The van der Waals surface area contributed by atoms with Gasteiger partial charge in [-0.2, -0.15) is 0 Å². The van der Waals surface area contributed by atoms with E-state index < -0.39 is 0 Å². The predicted octanol–water partition coefficient (Wildman–Crippen LogP) is 1.24. The number of nitrogens with one attached hydrogen (secondary N) is 1. The van der Waals surface area contributed by atoms with Crippen molar-refractivity contribution in [2.45, 2.75) is 32.6 Å². The molecule has 0 bridgehead atoms. The highest BCUT2D eigenvalue weighted by molar-refractivity contribution is 5.76. The van der Waals surface area contributed by atoms with Gasteiger partial charge in [-0.1, -0.05) is 13.3 Å². The molecule has 2 aliphatic heterocycles. The second kappa shape index (κ2) is 4.97. The third-order valence-electron chi connectivity index (χ3n) is 3.87. The first-order valence-electron chi connectivity index (χ1n) is 6.28. The van der Waals surface area contributed by atoms with Crippen LogP contribution in [0.25, 0.3) is 0 Å². The van der Waals surface area contributed by atoms with Gasteiger partial charge in [-0.3, -0.25) is 4.79 Å². The van der Waals surface area contributed by atoms with Crippen molar-refractivity contribution >= 4 is 5.91 Å². The summed E-state index contributed by atoms with van der Waals surface area (Å²) >= 11 is 0. The third-order valence-corrected chi connectivity index (χ3v) is 3.87. The van der Waals surface area contributed by atoms with Crippen molar-refractivity contribution in [3.05, 3.63) is 0 Å². The molecule has 0 radical (unpaired) electrons. The fourth-order valence-electron chi connectivity index (χ4n) is 2.46. The van der Waals surface area contributed by atoms with Crippen molar-refractivity contribution in [2.75, 3.05) is 26.2 Å². The van der Waals surface area contributed by atoms with Crippen LogP contribution in [0.1, 0.15) is 32.6 Å². The van der Waals surface area contributed by atoms with Gasteiger partial charge < -0.3 is 10.2 Å². The van der Waals surface area contributed by atoms with E-state index in [1.165, 1.54) is 19.3 Å². The number of likely N-dealkylation sites (tertiary alicyclic amines) is 1. The van der Waals surface area contributed by atoms with E-state index in [0.29, 0.717) is 11.8 Å². The summed E-state index contributed by atoms with van der Waals surface area (Å²) in [6, 6.07) is 0. The lowest BCUT2D eigenvalue weighted by atomic mass is 9.93. The highest BCUT2D eigenvalue weighted by Crippen LogP contribution is 2.21. The first kappa shape index (κ1) is 10.9. The van der Waals surface area contributed by atoms with Crippen LogP contribution >= 0.6 is 0 Å². The summed E-state index contributed by atoms with van der Waals surface area (Å²) in [4.78, 5) is 14.0. The number of piperidine rings is 1. The summed E-state index contributed by atoms with van der Waals surface area (Å²) < 4.78 is 0. The zero-order chi connectivity index (χ0) is 10.7. The third kappa shape index (κ3) is 2.71. The fraction of sp³-hybridized carbons (Fsp3) is 0.917. The standard InChI is InChI=1S/C12H22N2O/c1-2-10-3-5-14(6-4-10)12(15)7-11-8-13-9-11/h10-11,13H,2-9H2,1H3. The Bertz CT molecular complexity index is 218. The minimum Gasteiger partial charge on any atom is -0.343 e. The molecule has 2 heterocycles. The quantitative estimate of drug-likeness (QED) is 0.760. The molecule has 3 heteroatoms. The molecule has 0 atom stereocenters. The Hall–Kier alpha value is -0.570. The summed E-state index contributed by atoms with van der Waals surface area (Å²) in [5.41, 5.74) is 0. The number of carbonyl (C=O) groups is 1. The number of carbonyl (C=O) groups excluding carboxylic acids is 1. The Morgan fingerprint density at radius 2 is 1.93 bits per heavy atom. The van der Waals surface area contributed by atoms with E-state index >= 15 is 0 Å². The van der Waals surface area contributed by atoms with Gasteiger partial charge in [-0.05, 0) is 37.8 Å². The maximum atomic E-state index is 11.9. The summed E-state index contributed by atoms with van der Waals surface area (Å²) in [5.74, 6) is 1.86. The van der Waals surface area contributed by atoms with E-state index in [1.54, 1.807) is 0 Å². The first-order chi connectivity index (χ1) is 7.29. The van der Waals surface area contributed by atoms with Crippen LogP contribution in [0.3, 0.4) is 0 Å². The Morgan fingerprint density at radius 1 is 1.27 bits per heavy atom. The van der Waals surface area contributed by atoms with Gasteiger partial charge in [0.05, 0.1) is 0 Å². The molecule has 0 aliphatic carbocycles. The smallest absolute Gasteiger partial charge is 0.222 e. The molecule has 3 nitrogen and oxygen atoms in total. The number of hydrogen-bond acceptors (Lipinski definition) is 2. The van der Waals surface area contributed by atoms with Gasteiger partial charge in [0.15, 0.2) is 0 Å². The highest BCUT2D eigenvalue weighted by Gasteiger charge is 2.26. The molecule has 0 aromatic heterocycles. The number of amides is 1. The lowest BCUT2D eigenvalue weighted by molar-refractivity contribution is -0.134. The molecule has 1 N–H and O–H groups in total. The molecular weight excluding hydrogens is 188 g/mol. The van der Waals surface area contributed by atoms with Gasteiger partial charge in [0.1, 0.15) is 0 Å². The van der Waals surface area contributed by atoms with Crippen molar-refractivity contribution in [3.8, 4) is 0 Å². The van der Waals surface area contributed by atoms with Gasteiger partial charge in [0.2, 0.25) is 5.91 Å². The summed E-state index contributed by atoms with van der Waals surface area (Å²) in [5, 5.41) is 3.21. The zero-order valence-electron chi connectivity index (χ0n) is 9.67. The normalized spacial score (nSPS) is 23.9. The van der Waals surface area contributed by atoms with Crippen molar-refractivity contribution in [1.82, 2.24) is 10.2 Å². The highest BCUT2D eigenvalue weighted by atomic mass is 16.2. The molecule has 15 heavy (non-hydrogen) atoms. The van der Waals surface area contributed by atoms with Gasteiger partial charge in [0, 0.05) is 19.5 Å². The van der Waals surface area contributed by atoms with E-state index in [0.717, 1.165) is 38.5 Å². The van der Waals surface area contributed by atoms with Crippen LogP contribution in [0.15, 0.2) is 0 Å². The van der Waals surface area contributed by atoms with Gasteiger partial charge >= 0.3 is 0 Å². The molecule has 86 valence electrons. The molecule has 0 unspecified atom stereocenters. The maximum Gasteiger partial charge on any atom is 0.222 e. The fourth-order valence-corrected chi connectivity index (χ4v) is 2.46. The average Bonchev–Trinajstić information content (AvgIpc) is 2.23. The van der Waals surface area contributed by atoms with Crippen LogP contribution in [0.5, 0.6) is 0 Å². The summed E-state index contributed by atoms with van der Waals surface area (Å²) in [6.45, 7) is 6.32. The van der Waals surface area contributed by atoms with Crippen LogP contribution in [-0.4, -0.2) is 37.0 Å². The Morgan fingerprint density at radius 3 is 2.40 bits per heavy atom. The van der Waals surface area contributed by atoms with Crippen LogP contribution < -0.4 is 5.32 Å². The average molecular weight is 210 g/mol.